The molecule has 3 heterocycles. The molecule has 0 aromatic carbocycles. The summed E-state index contributed by atoms with van der Waals surface area (Å²) >= 11 is 0. The molecule has 3 aliphatic heterocycles. The number of hydrogen-bond donors (Lipinski definition) is 0. The van der Waals surface area contributed by atoms with Crippen LogP contribution in [0.5, 0.6) is 0 Å². The number of rotatable bonds is 8. The van der Waals surface area contributed by atoms with E-state index in [1.54, 1.807) is 0 Å². The third-order valence-corrected chi connectivity index (χ3v) is 5.76. The first-order valence-corrected chi connectivity index (χ1v) is 9.57. The van der Waals surface area contributed by atoms with Crippen LogP contribution in [-0.4, -0.2) is 35.8 Å². The summed E-state index contributed by atoms with van der Waals surface area (Å²) < 4.78 is 14.0. The van der Waals surface area contributed by atoms with Gasteiger partial charge < -0.3 is 14.2 Å². The Morgan fingerprint density at radius 1 is 0.607 bits per heavy atom. The molecular weight excluding hydrogens is 372 g/mol. The van der Waals surface area contributed by atoms with Crippen molar-refractivity contribution in [2.75, 3.05) is 0 Å². The molecule has 0 aliphatic carbocycles. The van der Waals surface area contributed by atoms with Crippen molar-refractivity contribution >= 4 is 35.8 Å². The van der Waals surface area contributed by atoms with E-state index in [0.29, 0.717) is 12.8 Å². The van der Waals surface area contributed by atoms with Gasteiger partial charge >= 0.3 is 35.8 Å². The zero-order valence-electron chi connectivity index (χ0n) is 15.5. The van der Waals surface area contributed by atoms with Crippen LogP contribution in [-0.2, 0) is 43.0 Å². The molecule has 5 unspecified atom stereocenters. The highest BCUT2D eigenvalue weighted by molar-refractivity contribution is 5.98. The molecule has 152 valence electrons. The maximum Gasteiger partial charge on any atom is 0.317 e. The lowest BCUT2D eigenvalue weighted by Crippen LogP contribution is -2.23. The summed E-state index contributed by atoms with van der Waals surface area (Å²) in [5.74, 6) is -6.92. The molecule has 0 spiro atoms. The van der Waals surface area contributed by atoms with E-state index >= 15 is 0 Å². The van der Waals surface area contributed by atoms with Crippen LogP contribution in [0.1, 0.15) is 51.9 Å². The van der Waals surface area contributed by atoms with E-state index in [2.05, 4.69) is 4.74 Å². The van der Waals surface area contributed by atoms with E-state index in [0.717, 1.165) is 0 Å². The third kappa shape index (κ3) is 3.98. The average Bonchev–Trinajstić information content (AvgIpc) is 3.18. The first kappa shape index (κ1) is 20.2. The third-order valence-electron chi connectivity index (χ3n) is 5.76. The second-order valence-corrected chi connectivity index (χ2v) is 7.54. The average molecular weight is 394 g/mol. The van der Waals surface area contributed by atoms with Gasteiger partial charge in [0.25, 0.3) is 0 Å². The van der Waals surface area contributed by atoms with Crippen molar-refractivity contribution < 1.29 is 43.0 Å². The van der Waals surface area contributed by atoms with Crippen LogP contribution in [0, 0.1) is 29.6 Å². The second kappa shape index (κ2) is 8.20. The van der Waals surface area contributed by atoms with E-state index in [1.807, 2.05) is 6.92 Å². The van der Waals surface area contributed by atoms with Gasteiger partial charge in [-0.3, -0.25) is 28.8 Å². The Kier molecular flexibility index (Phi) is 5.90. The number of hydrogen-bond acceptors (Lipinski definition) is 9. The standard InChI is InChI=1S/C19H22O9/c1-2-3-10-12(18(24)27-16(10)22)6-7-13-11(17(23)28-19(13)25)5-4-9-8-14(20)26-15(9)21/h9-13H,2-8H2,1H3. The Balaban J connectivity index is 1.61. The van der Waals surface area contributed by atoms with Crippen LogP contribution in [0.2, 0.25) is 0 Å². The molecule has 5 atom stereocenters. The van der Waals surface area contributed by atoms with Gasteiger partial charge in [-0.05, 0) is 32.1 Å². The summed E-state index contributed by atoms with van der Waals surface area (Å²) in [6, 6.07) is 0. The van der Waals surface area contributed by atoms with E-state index in [1.165, 1.54) is 0 Å². The molecule has 3 rings (SSSR count). The fourth-order valence-corrected chi connectivity index (χ4v) is 4.23. The fourth-order valence-electron chi connectivity index (χ4n) is 4.23. The highest BCUT2D eigenvalue weighted by Gasteiger charge is 2.48. The summed E-state index contributed by atoms with van der Waals surface area (Å²) in [6.45, 7) is 1.90. The van der Waals surface area contributed by atoms with Gasteiger partial charge in [0, 0.05) is 0 Å². The molecule has 3 saturated heterocycles. The summed E-state index contributed by atoms with van der Waals surface area (Å²) in [7, 11) is 0. The quantitative estimate of drug-likeness (QED) is 0.337. The van der Waals surface area contributed by atoms with Gasteiger partial charge in [0.15, 0.2) is 0 Å². The van der Waals surface area contributed by atoms with E-state index in [9.17, 15) is 28.8 Å². The molecular formula is C19H22O9. The van der Waals surface area contributed by atoms with Crippen molar-refractivity contribution in [3.63, 3.8) is 0 Å². The summed E-state index contributed by atoms with van der Waals surface area (Å²) in [5.41, 5.74) is 0. The smallest absolute Gasteiger partial charge is 0.317 e. The Morgan fingerprint density at radius 3 is 1.43 bits per heavy atom. The van der Waals surface area contributed by atoms with Crippen LogP contribution in [0.4, 0.5) is 0 Å². The highest BCUT2D eigenvalue weighted by Crippen LogP contribution is 2.38. The van der Waals surface area contributed by atoms with Gasteiger partial charge in [-0.2, -0.15) is 0 Å². The number of cyclic esters (lactones) is 6. The lowest BCUT2D eigenvalue weighted by molar-refractivity contribution is -0.156. The van der Waals surface area contributed by atoms with Gasteiger partial charge in [-0.25, -0.2) is 0 Å². The van der Waals surface area contributed by atoms with Gasteiger partial charge in [0.05, 0.1) is 36.0 Å². The maximum absolute atomic E-state index is 12.1. The highest BCUT2D eigenvalue weighted by atomic mass is 16.6. The largest absolute Gasteiger partial charge is 0.393 e. The monoisotopic (exact) mass is 394 g/mol. The van der Waals surface area contributed by atoms with Gasteiger partial charge in [0.1, 0.15) is 0 Å². The van der Waals surface area contributed by atoms with Crippen LogP contribution < -0.4 is 0 Å². The van der Waals surface area contributed by atoms with Crippen LogP contribution >= 0.6 is 0 Å². The van der Waals surface area contributed by atoms with Crippen molar-refractivity contribution in [1.82, 2.24) is 0 Å². The van der Waals surface area contributed by atoms with Crippen molar-refractivity contribution in [3.05, 3.63) is 0 Å². The SMILES string of the molecule is CCCC1C(=O)OC(=O)C1CCC1C(=O)OC(=O)C1CCC1CC(=O)OC1=O. The van der Waals surface area contributed by atoms with Gasteiger partial charge in [0.2, 0.25) is 0 Å². The molecule has 0 bridgehead atoms. The van der Waals surface area contributed by atoms with Crippen molar-refractivity contribution in [3.8, 4) is 0 Å². The maximum atomic E-state index is 12.1. The lowest BCUT2D eigenvalue weighted by atomic mass is 9.80. The Bertz CT molecular complexity index is 725. The Labute approximate surface area is 161 Å². The fraction of sp³-hybridized carbons (Fsp3) is 0.684. The molecule has 0 radical (unpaired) electrons. The summed E-state index contributed by atoms with van der Waals surface area (Å²) in [5, 5.41) is 0. The molecule has 0 N–H and O–H groups in total. The minimum Gasteiger partial charge on any atom is -0.393 e. The zero-order valence-corrected chi connectivity index (χ0v) is 15.5. The molecule has 0 aromatic heterocycles. The Morgan fingerprint density at radius 2 is 1.04 bits per heavy atom. The van der Waals surface area contributed by atoms with Gasteiger partial charge in [-0.15, -0.1) is 0 Å². The summed E-state index contributed by atoms with van der Waals surface area (Å²) in [4.78, 5) is 70.7. The minimum absolute atomic E-state index is 0.0338. The number of ether oxygens (including phenoxy) is 3. The molecule has 0 aromatic rings. The molecule has 0 amide bonds. The van der Waals surface area contributed by atoms with Crippen LogP contribution in [0.15, 0.2) is 0 Å². The van der Waals surface area contributed by atoms with Crippen LogP contribution in [0.3, 0.4) is 0 Å². The van der Waals surface area contributed by atoms with Crippen LogP contribution in [0.25, 0.3) is 0 Å². The molecule has 3 fully saturated rings. The Hall–Kier alpha value is -2.58. The molecule has 0 saturated carbocycles. The normalized spacial score (nSPS) is 32.7. The zero-order chi connectivity index (χ0) is 20.4. The predicted molar refractivity (Wildman–Crippen MR) is 88.7 cm³/mol. The van der Waals surface area contributed by atoms with Crippen molar-refractivity contribution in [2.45, 2.75) is 51.9 Å². The first-order chi connectivity index (χ1) is 13.3. The first-order valence-electron chi connectivity index (χ1n) is 9.57. The topological polar surface area (TPSA) is 130 Å². The van der Waals surface area contributed by atoms with E-state index in [4.69, 9.17) is 9.47 Å². The number of esters is 6. The van der Waals surface area contributed by atoms with Crippen molar-refractivity contribution in [1.29, 1.82) is 0 Å². The number of carbonyl (C=O) groups is 6. The van der Waals surface area contributed by atoms with Crippen molar-refractivity contribution in [2.24, 2.45) is 29.6 Å². The van der Waals surface area contributed by atoms with E-state index in [-0.39, 0.29) is 32.1 Å². The lowest BCUT2D eigenvalue weighted by Gasteiger charge is -2.17. The number of carbonyl (C=O) groups excluding carboxylic acids is 6. The van der Waals surface area contributed by atoms with Gasteiger partial charge in [-0.1, -0.05) is 13.3 Å². The molecule has 28 heavy (non-hydrogen) atoms. The van der Waals surface area contributed by atoms with E-state index < -0.39 is 65.4 Å². The minimum atomic E-state index is -0.744. The predicted octanol–water partition coefficient (Wildman–Crippen LogP) is 1.07. The second-order valence-electron chi connectivity index (χ2n) is 7.54. The molecule has 9 nitrogen and oxygen atoms in total. The summed E-state index contributed by atoms with van der Waals surface area (Å²) in [6.07, 6.45) is 2.08. The molecule has 3 aliphatic rings. The molecule has 9 heteroatoms.